The molecule has 21 heavy (non-hydrogen) atoms. The number of amides is 1. The number of thiophene rings is 1. The number of carbonyl (C=O) groups excluding carboxylic acids is 1. The Labute approximate surface area is 139 Å². The zero-order valence-electron chi connectivity index (χ0n) is 11.1. The summed E-state index contributed by atoms with van der Waals surface area (Å²) in [6, 6.07) is 10.4. The van der Waals surface area contributed by atoms with Crippen LogP contribution in [-0.2, 0) is 11.3 Å². The average Bonchev–Trinajstić information content (AvgIpc) is 2.90. The van der Waals surface area contributed by atoms with Crippen molar-refractivity contribution in [2.75, 3.05) is 5.75 Å². The van der Waals surface area contributed by atoms with Crippen molar-refractivity contribution in [2.24, 2.45) is 0 Å². The molecule has 1 aliphatic rings. The molecule has 0 aliphatic carbocycles. The smallest absolute Gasteiger partial charge is 0.224 e. The quantitative estimate of drug-likeness (QED) is 0.754. The fraction of sp³-hybridized carbons (Fsp3) is 0.267. The molecule has 1 unspecified atom stereocenters. The Kier molecular flexibility index (Phi) is 4.66. The van der Waals surface area contributed by atoms with E-state index in [1.807, 2.05) is 11.0 Å². The van der Waals surface area contributed by atoms with Crippen LogP contribution in [0.15, 0.2) is 40.2 Å². The van der Waals surface area contributed by atoms with Crippen LogP contribution < -0.4 is 0 Å². The molecular weight excluding hydrogens is 373 g/mol. The molecule has 0 saturated carbocycles. The van der Waals surface area contributed by atoms with Gasteiger partial charge in [-0.05, 0) is 45.8 Å². The minimum atomic E-state index is -0.253. The molecule has 2 heterocycles. The van der Waals surface area contributed by atoms with Gasteiger partial charge in [0.15, 0.2) is 0 Å². The van der Waals surface area contributed by atoms with Gasteiger partial charge in [-0.25, -0.2) is 4.39 Å². The first kappa shape index (κ1) is 15.1. The van der Waals surface area contributed by atoms with Crippen LogP contribution in [0.2, 0.25) is 0 Å². The maximum Gasteiger partial charge on any atom is 0.224 e. The topological polar surface area (TPSA) is 20.3 Å². The van der Waals surface area contributed by atoms with Crippen molar-refractivity contribution in [1.29, 1.82) is 0 Å². The van der Waals surface area contributed by atoms with Gasteiger partial charge in [-0.1, -0.05) is 12.1 Å². The van der Waals surface area contributed by atoms with E-state index in [2.05, 4.69) is 22.0 Å². The normalized spacial score (nSPS) is 19.0. The van der Waals surface area contributed by atoms with Gasteiger partial charge in [0, 0.05) is 23.6 Å². The highest BCUT2D eigenvalue weighted by molar-refractivity contribution is 9.11. The Morgan fingerprint density at radius 3 is 2.67 bits per heavy atom. The zero-order chi connectivity index (χ0) is 14.8. The van der Waals surface area contributed by atoms with Crippen molar-refractivity contribution in [3.63, 3.8) is 0 Å². The predicted octanol–water partition coefficient (Wildman–Crippen LogP) is 4.81. The van der Waals surface area contributed by atoms with Gasteiger partial charge in [0.2, 0.25) is 5.91 Å². The van der Waals surface area contributed by atoms with E-state index in [-0.39, 0.29) is 17.1 Å². The van der Waals surface area contributed by atoms with Crippen LogP contribution in [0, 0.1) is 5.82 Å². The number of benzene rings is 1. The van der Waals surface area contributed by atoms with E-state index in [4.69, 9.17) is 0 Å². The predicted molar refractivity (Wildman–Crippen MR) is 88.8 cm³/mol. The molecule has 0 bridgehead atoms. The number of thioether (sulfide) groups is 1. The Morgan fingerprint density at radius 1 is 1.24 bits per heavy atom. The number of carbonyl (C=O) groups is 1. The molecule has 1 atom stereocenters. The Morgan fingerprint density at radius 2 is 2.00 bits per heavy atom. The van der Waals surface area contributed by atoms with Gasteiger partial charge in [-0.15, -0.1) is 23.1 Å². The average molecular weight is 386 g/mol. The van der Waals surface area contributed by atoms with Crippen molar-refractivity contribution in [3.8, 4) is 0 Å². The van der Waals surface area contributed by atoms with Crippen molar-refractivity contribution in [2.45, 2.75) is 18.3 Å². The van der Waals surface area contributed by atoms with Gasteiger partial charge in [-0.3, -0.25) is 4.79 Å². The van der Waals surface area contributed by atoms with E-state index in [0.29, 0.717) is 13.0 Å². The van der Waals surface area contributed by atoms with E-state index in [1.54, 1.807) is 35.2 Å². The molecule has 1 aromatic heterocycles. The lowest BCUT2D eigenvalue weighted by atomic mass is 10.2. The third-order valence-electron chi connectivity index (χ3n) is 3.30. The highest BCUT2D eigenvalue weighted by Gasteiger charge is 2.30. The first-order chi connectivity index (χ1) is 10.1. The second-order valence-electron chi connectivity index (χ2n) is 4.76. The standard InChI is InChI=1S/C15H13BrFNOS2/c16-13-6-5-12(21-13)15-18(14(19)7-8-20-15)9-10-1-3-11(17)4-2-10/h1-6,15H,7-9H2. The van der Waals surface area contributed by atoms with E-state index in [9.17, 15) is 9.18 Å². The Hall–Kier alpha value is -0.850. The van der Waals surface area contributed by atoms with Crippen LogP contribution in [0.3, 0.4) is 0 Å². The number of rotatable bonds is 3. The highest BCUT2D eigenvalue weighted by atomic mass is 79.9. The number of hydrogen-bond donors (Lipinski definition) is 0. The summed E-state index contributed by atoms with van der Waals surface area (Å²) in [5, 5.41) is 0.0487. The molecule has 1 aliphatic heterocycles. The number of hydrogen-bond acceptors (Lipinski definition) is 3. The SMILES string of the molecule is O=C1CCSC(c2ccc(Br)s2)N1Cc1ccc(F)cc1. The van der Waals surface area contributed by atoms with Crippen LogP contribution in [0.5, 0.6) is 0 Å². The monoisotopic (exact) mass is 385 g/mol. The Bertz CT molecular complexity index is 643. The van der Waals surface area contributed by atoms with Crippen molar-refractivity contribution in [3.05, 3.63) is 56.4 Å². The lowest BCUT2D eigenvalue weighted by Crippen LogP contribution is -2.36. The largest absolute Gasteiger partial charge is 0.321 e. The van der Waals surface area contributed by atoms with Crippen LogP contribution in [0.4, 0.5) is 4.39 Å². The first-order valence-corrected chi connectivity index (χ1v) is 9.20. The van der Waals surface area contributed by atoms with Crippen LogP contribution >= 0.6 is 39.0 Å². The molecule has 1 amide bonds. The molecule has 0 radical (unpaired) electrons. The van der Waals surface area contributed by atoms with E-state index in [1.165, 1.54) is 17.0 Å². The lowest BCUT2D eigenvalue weighted by Gasteiger charge is -2.34. The Balaban J connectivity index is 1.84. The molecule has 2 aromatic rings. The van der Waals surface area contributed by atoms with Gasteiger partial charge in [0.25, 0.3) is 0 Å². The summed E-state index contributed by atoms with van der Waals surface area (Å²) in [7, 11) is 0. The summed E-state index contributed by atoms with van der Waals surface area (Å²) in [6.45, 7) is 0.520. The maximum absolute atomic E-state index is 13.0. The number of halogens is 2. The molecule has 1 aromatic carbocycles. The molecular formula is C15H13BrFNOS2. The first-order valence-electron chi connectivity index (χ1n) is 6.54. The molecule has 3 rings (SSSR count). The molecule has 6 heteroatoms. The van der Waals surface area contributed by atoms with Gasteiger partial charge in [0.05, 0.1) is 3.79 Å². The maximum atomic E-state index is 13.0. The summed E-state index contributed by atoms with van der Waals surface area (Å²) in [6.07, 6.45) is 0.564. The van der Waals surface area contributed by atoms with E-state index < -0.39 is 0 Å². The van der Waals surface area contributed by atoms with Gasteiger partial charge in [-0.2, -0.15) is 0 Å². The van der Waals surface area contributed by atoms with Gasteiger partial charge < -0.3 is 4.90 Å². The second kappa shape index (κ2) is 6.50. The van der Waals surface area contributed by atoms with E-state index in [0.717, 1.165) is 15.1 Å². The van der Waals surface area contributed by atoms with Crippen molar-refractivity contribution >= 4 is 44.9 Å². The van der Waals surface area contributed by atoms with Crippen molar-refractivity contribution < 1.29 is 9.18 Å². The molecule has 1 fully saturated rings. The molecule has 2 nitrogen and oxygen atoms in total. The van der Waals surface area contributed by atoms with Gasteiger partial charge in [0.1, 0.15) is 11.2 Å². The summed E-state index contributed by atoms with van der Waals surface area (Å²) >= 11 is 6.91. The molecule has 0 N–H and O–H groups in total. The summed E-state index contributed by atoms with van der Waals surface area (Å²) in [5.41, 5.74) is 0.952. The number of nitrogens with zero attached hydrogens (tertiary/aromatic N) is 1. The molecule has 0 spiro atoms. The third kappa shape index (κ3) is 3.49. The molecule has 1 saturated heterocycles. The highest BCUT2D eigenvalue weighted by Crippen LogP contribution is 2.42. The zero-order valence-corrected chi connectivity index (χ0v) is 14.3. The second-order valence-corrected chi connectivity index (χ2v) is 8.45. The summed E-state index contributed by atoms with van der Waals surface area (Å²) in [5.74, 6) is 0.753. The summed E-state index contributed by atoms with van der Waals surface area (Å²) in [4.78, 5) is 15.3. The van der Waals surface area contributed by atoms with Crippen LogP contribution in [-0.4, -0.2) is 16.6 Å². The minimum Gasteiger partial charge on any atom is -0.321 e. The fourth-order valence-electron chi connectivity index (χ4n) is 2.28. The minimum absolute atomic E-state index is 0.0487. The van der Waals surface area contributed by atoms with Crippen LogP contribution in [0.25, 0.3) is 0 Å². The van der Waals surface area contributed by atoms with Crippen LogP contribution in [0.1, 0.15) is 22.2 Å². The summed E-state index contributed by atoms with van der Waals surface area (Å²) < 4.78 is 14.1. The fourth-order valence-corrected chi connectivity index (χ4v) is 5.17. The molecule has 110 valence electrons. The lowest BCUT2D eigenvalue weighted by molar-refractivity contribution is -0.132. The van der Waals surface area contributed by atoms with Gasteiger partial charge >= 0.3 is 0 Å². The van der Waals surface area contributed by atoms with Crippen molar-refractivity contribution in [1.82, 2.24) is 4.90 Å². The van der Waals surface area contributed by atoms with E-state index >= 15 is 0 Å². The third-order valence-corrected chi connectivity index (χ3v) is 6.39.